The van der Waals surface area contributed by atoms with Crippen molar-refractivity contribution in [3.8, 4) is 6.01 Å². The summed E-state index contributed by atoms with van der Waals surface area (Å²) in [5, 5.41) is 0. The van der Waals surface area contributed by atoms with Crippen molar-refractivity contribution >= 4 is 11.2 Å². The summed E-state index contributed by atoms with van der Waals surface area (Å²) in [5.41, 5.74) is 1.58. The Hall–Kier alpha value is -1.58. The summed E-state index contributed by atoms with van der Waals surface area (Å²) in [6, 6.07) is 4.21. The van der Waals surface area contributed by atoms with Crippen molar-refractivity contribution in [2.24, 2.45) is 0 Å². The highest BCUT2D eigenvalue weighted by molar-refractivity contribution is 5.70. The Balaban J connectivity index is 2.69. The van der Waals surface area contributed by atoms with Crippen molar-refractivity contribution < 1.29 is 4.74 Å². The summed E-state index contributed by atoms with van der Waals surface area (Å²) in [5.74, 6) is 0. The van der Waals surface area contributed by atoms with E-state index in [1.165, 1.54) is 0 Å². The van der Waals surface area contributed by atoms with Gasteiger partial charge in [-0.25, -0.2) is 4.98 Å². The fraction of sp³-hybridized carbons (Fsp3) is 0.143. The summed E-state index contributed by atoms with van der Waals surface area (Å²) in [6.07, 6.45) is 1.71. The molecule has 11 heavy (non-hydrogen) atoms. The topological polar surface area (TPSA) is 50.8 Å². The van der Waals surface area contributed by atoms with Crippen LogP contribution < -0.4 is 4.74 Å². The molecule has 4 heteroatoms. The molecule has 0 unspecified atom stereocenters. The largest absolute Gasteiger partial charge is 0.468 e. The van der Waals surface area contributed by atoms with Gasteiger partial charge in [-0.05, 0) is 12.1 Å². The number of pyridine rings is 1. The van der Waals surface area contributed by atoms with Gasteiger partial charge in [-0.2, -0.15) is 4.98 Å². The molecule has 2 aromatic rings. The standard InChI is InChI=1S/C7H7N3O/c1-11-7-9-5-3-2-4-8-6(5)10-7/h2-4H,1H3,(H,8,9,10). The van der Waals surface area contributed by atoms with Crippen LogP contribution >= 0.6 is 0 Å². The molecule has 0 bridgehead atoms. The first-order valence-electron chi connectivity index (χ1n) is 3.25. The van der Waals surface area contributed by atoms with Crippen molar-refractivity contribution in [1.82, 2.24) is 15.0 Å². The highest BCUT2D eigenvalue weighted by Gasteiger charge is 2.00. The molecule has 1 N–H and O–H groups in total. The van der Waals surface area contributed by atoms with Crippen molar-refractivity contribution in [2.75, 3.05) is 7.11 Å². The molecule has 0 radical (unpaired) electrons. The fourth-order valence-electron chi connectivity index (χ4n) is 0.919. The predicted octanol–water partition coefficient (Wildman–Crippen LogP) is 0.966. The smallest absolute Gasteiger partial charge is 0.295 e. The Morgan fingerprint density at radius 1 is 1.55 bits per heavy atom. The Morgan fingerprint density at radius 2 is 2.45 bits per heavy atom. The number of imidazole rings is 1. The number of hydrogen-bond donors (Lipinski definition) is 1. The highest BCUT2D eigenvalue weighted by atomic mass is 16.5. The molecule has 0 aliphatic carbocycles. The van der Waals surface area contributed by atoms with Gasteiger partial charge in [-0.15, -0.1) is 0 Å². The third kappa shape index (κ3) is 0.920. The minimum atomic E-state index is 0.499. The van der Waals surface area contributed by atoms with Crippen molar-refractivity contribution in [1.29, 1.82) is 0 Å². The average molecular weight is 149 g/mol. The maximum atomic E-state index is 4.89. The maximum absolute atomic E-state index is 4.89. The lowest BCUT2D eigenvalue weighted by Crippen LogP contribution is -1.82. The zero-order valence-corrected chi connectivity index (χ0v) is 6.03. The van der Waals surface area contributed by atoms with Crippen molar-refractivity contribution in [3.05, 3.63) is 18.3 Å². The SMILES string of the molecule is COc1nc2cccnc2[nH]1. The molecule has 56 valence electrons. The van der Waals surface area contributed by atoms with Crippen LogP contribution in [0.1, 0.15) is 0 Å². The van der Waals surface area contributed by atoms with E-state index in [9.17, 15) is 0 Å². The van der Waals surface area contributed by atoms with Gasteiger partial charge in [0.05, 0.1) is 7.11 Å². The fourth-order valence-corrected chi connectivity index (χ4v) is 0.919. The lowest BCUT2D eigenvalue weighted by atomic mass is 10.4. The van der Waals surface area contributed by atoms with Crippen LogP contribution in [0.2, 0.25) is 0 Å². The van der Waals surface area contributed by atoms with Crippen molar-refractivity contribution in [2.45, 2.75) is 0 Å². The number of ether oxygens (including phenoxy) is 1. The van der Waals surface area contributed by atoms with Crippen LogP contribution in [0.5, 0.6) is 6.01 Å². The maximum Gasteiger partial charge on any atom is 0.295 e. The Labute approximate surface area is 63.2 Å². The van der Waals surface area contributed by atoms with Crippen LogP contribution in [0.3, 0.4) is 0 Å². The van der Waals surface area contributed by atoms with Crippen LogP contribution in [0.15, 0.2) is 18.3 Å². The molecule has 0 aromatic carbocycles. The van der Waals surface area contributed by atoms with E-state index in [1.807, 2.05) is 12.1 Å². The highest BCUT2D eigenvalue weighted by Crippen LogP contribution is 2.11. The Kier molecular flexibility index (Phi) is 1.25. The van der Waals surface area contributed by atoms with Gasteiger partial charge < -0.3 is 4.74 Å². The molecular weight excluding hydrogens is 142 g/mol. The normalized spacial score (nSPS) is 10.3. The van der Waals surface area contributed by atoms with Gasteiger partial charge in [0.1, 0.15) is 5.52 Å². The lowest BCUT2D eigenvalue weighted by molar-refractivity contribution is 0.386. The molecule has 0 amide bonds. The summed E-state index contributed by atoms with van der Waals surface area (Å²) < 4.78 is 4.89. The first-order valence-corrected chi connectivity index (χ1v) is 3.25. The molecule has 0 saturated heterocycles. The third-order valence-electron chi connectivity index (χ3n) is 1.43. The number of nitrogens with one attached hydrogen (secondary N) is 1. The number of aromatic amines is 1. The molecule has 4 nitrogen and oxygen atoms in total. The average Bonchev–Trinajstić information content (AvgIpc) is 2.46. The second kappa shape index (κ2) is 2.23. The summed E-state index contributed by atoms with van der Waals surface area (Å²) in [6.45, 7) is 0. The van der Waals surface area contributed by atoms with Gasteiger partial charge in [0.25, 0.3) is 6.01 Å². The van der Waals surface area contributed by atoms with Crippen LogP contribution in [0.4, 0.5) is 0 Å². The molecule has 2 rings (SSSR count). The molecule has 0 aliphatic rings. The lowest BCUT2D eigenvalue weighted by Gasteiger charge is -1.86. The van der Waals surface area contributed by atoms with Gasteiger partial charge in [0.15, 0.2) is 5.65 Å². The monoisotopic (exact) mass is 149 g/mol. The van der Waals surface area contributed by atoms with Gasteiger partial charge in [0.2, 0.25) is 0 Å². The number of H-pyrrole nitrogens is 1. The second-order valence-electron chi connectivity index (χ2n) is 2.12. The summed E-state index contributed by atoms with van der Waals surface area (Å²) in [7, 11) is 1.57. The Morgan fingerprint density at radius 3 is 3.18 bits per heavy atom. The van der Waals surface area contributed by atoms with E-state index in [4.69, 9.17) is 4.74 Å². The minimum absolute atomic E-state index is 0.499. The van der Waals surface area contributed by atoms with E-state index < -0.39 is 0 Å². The number of aromatic nitrogens is 3. The van der Waals surface area contributed by atoms with E-state index in [2.05, 4.69) is 15.0 Å². The number of nitrogens with zero attached hydrogens (tertiary/aromatic N) is 2. The zero-order valence-electron chi connectivity index (χ0n) is 6.03. The van der Waals surface area contributed by atoms with Crippen LogP contribution in [-0.4, -0.2) is 22.1 Å². The quantitative estimate of drug-likeness (QED) is 0.657. The number of hydrogen-bond acceptors (Lipinski definition) is 3. The summed E-state index contributed by atoms with van der Waals surface area (Å²) >= 11 is 0. The number of methoxy groups -OCH3 is 1. The van der Waals surface area contributed by atoms with Gasteiger partial charge in [-0.1, -0.05) is 0 Å². The van der Waals surface area contributed by atoms with E-state index in [0.717, 1.165) is 11.2 Å². The zero-order chi connectivity index (χ0) is 7.68. The molecule has 2 aromatic heterocycles. The molecule has 0 spiro atoms. The first-order chi connectivity index (χ1) is 5.40. The first kappa shape index (κ1) is 6.15. The van der Waals surface area contributed by atoms with E-state index in [1.54, 1.807) is 13.3 Å². The molecule has 2 heterocycles. The van der Waals surface area contributed by atoms with Gasteiger partial charge >= 0.3 is 0 Å². The van der Waals surface area contributed by atoms with Gasteiger partial charge in [-0.3, -0.25) is 4.98 Å². The van der Waals surface area contributed by atoms with E-state index in [0.29, 0.717) is 6.01 Å². The van der Waals surface area contributed by atoms with E-state index in [-0.39, 0.29) is 0 Å². The molecular formula is C7H7N3O. The predicted molar refractivity (Wildman–Crippen MR) is 40.4 cm³/mol. The molecule has 0 atom stereocenters. The van der Waals surface area contributed by atoms with Crippen LogP contribution in [0.25, 0.3) is 11.2 Å². The minimum Gasteiger partial charge on any atom is -0.468 e. The molecule has 0 saturated carbocycles. The van der Waals surface area contributed by atoms with E-state index >= 15 is 0 Å². The number of fused-ring (bicyclic) bond motifs is 1. The second-order valence-corrected chi connectivity index (χ2v) is 2.12. The van der Waals surface area contributed by atoms with Crippen molar-refractivity contribution in [3.63, 3.8) is 0 Å². The molecule has 0 fully saturated rings. The van der Waals surface area contributed by atoms with Crippen LogP contribution in [-0.2, 0) is 0 Å². The van der Waals surface area contributed by atoms with Crippen LogP contribution in [0, 0.1) is 0 Å². The molecule has 0 aliphatic heterocycles. The Bertz CT molecular complexity index is 335. The third-order valence-corrected chi connectivity index (χ3v) is 1.43. The summed E-state index contributed by atoms with van der Waals surface area (Å²) in [4.78, 5) is 11.0. The van der Waals surface area contributed by atoms with Gasteiger partial charge in [0, 0.05) is 6.20 Å². The number of rotatable bonds is 1.